The molecule has 0 fully saturated rings. The zero-order chi connectivity index (χ0) is 15.1. The zero-order valence-corrected chi connectivity index (χ0v) is 15.5. The van der Waals surface area contributed by atoms with Crippen molar-refractivity contribution < 1.29 is 4.74 Å². The molecule has 2 aromatic carbocycles. The molecule has 2 aromatic rings. The first-order chi connectivity index (χ1) is 10.2. The number of benzene rings is 2. The van der Waals surface area contributed by atoms with Gasteiger partial charge in [-0.25, -0.2) is 0 Å². The van der Waals surface area contributed by atoms with Crippen LogP contribution in [0.15, 0.2) is 54.6 Å². The molecule has 2 rings (SSSR count). The Hall–Kier alpha value is -0.350. The van der Waals surface area contributed by atoms with Crippen LogP contribution in [0.4, 0.5) is 0 Å². The van der Waals surface area contributed by atoms with Crippen LogP contribution in [0.1, 0.15) is 11.1 Å². The van der Waals surface area contributed by atoms with E-state index in [0.29, 0.717) is 13.2 Å². The van der Waals surface area contributed by atoms with Gasteiger partial charge in [0.15, 0.2) is 0 Å². The maximum absolute atomic E-state index is 6.36. The third kappa shape index (κ3) is 4.32. The Balaban J connectivity index is 2.10. The number of rotatable bonds is 7. The quantitative estimate of drug-likeness (QED) is 0.519. The molecule has 0 bridgehead atoms. The molecule has 112 valence electrons. The minimum atomic E-state index is -0.173. The lowest BCUT2D eigenvalue weighted by Gasteiger charge is -2.31. The molecular weight excluding hydrogens is 415 g/mol. The van der Waals surface area contributed by atoms with E-state index < -0.39 is 0 Å². The summed E-state index contributed by atoms with van der Waals surface area (Å²) < 4.78 is 5.96. The molecule has 0 N–H and O–H groups in total. The zero-order valence-electron chi connectivity index (χ0n) is 11.6. The van der Waals surface area contributed by atoms with E-state index in [1.807, 2.05) is 36.4 Å². The fraction of sp³-hybridized carbons (Fsp3) is 0.294. The van der Waals surface area contributed by atoms with Gasteiger partial charge in [-0.3, -0.25) is 0 Å². The summed E-state index contributed by atoms with van der Waals surface area (Å²) in [6.45, 7) is 1.20. The fourth-order valence-electron chi connectivity index (χ4n) is 2.16. The third-order valence-electron chi connectivity index (χ3n) is 3.45. The minimum absolute atomic E-state index is 0.173. The van der Waals surface area contributed by atoms with Gasteiger partial charge in [0.25, 0.3) is 0 Å². The van der Waals surface area contributed by atoms with Gasteiger partial charge in [0.05, 0.1) is 13.2 Å². The molecule has 0 unspecified atom stereocenters. The molecule has 0 saturated heterocycles. The molecule has 0 spiro atoms. The van der Waals surface area contributed by atoms with E-state index in [2.05, 4.69) is 50.1 Å². The highest BCUT2D eigenvalue weighted by molar-refractivity contribution is 9.09. The summed E-state index contributed by atoms with van der Waals surface area (Å²) in [5.41, 5.74) is 2.11. The number of ether oxygens (including phenoxy) is 1. The molecule has 1 nitrogen and oxygen atoms in total. The van der Waals surface area contributed by atoms with Gasteiger partial charge < -0.3 is 4.74 Å². The smallest absolute Gasteiger partial charge is 0.0717 e. The van der Waals surface area contributed by atoms with Crippen LogP contribution in [-0.4, -0.2) is 17.3 Å². The normalized spacial score (nSPS) is 11.6. The Morgan fingerprint density at radius 1 is 0.905 bits per heavy atom. The van der Waals surface area contributed by atoms with Gasteiger partial charge in [0.2, 0.25) is 0 Å². The van der Waals surface area contributed by atoms with Crippen molar-refractivity contribution in [2.75, 3.05) is 17.3 Å². The van der Waals surface area contributed by atoms with Crippen LogP contribution in [0.25, 0.3) is 0 Å². The van der Waals surface area contributed by atoms with Crippen molar-refractivity contribution in [3.05, 3.63) is 70.7 Å². The Morgan fingerprint density at radius 2 is 1.52 bits per heavy atom. The van der Waals surface area contributed by atoms with Crippen molar-refractivity contribution in [3.8, 4) is 0 Å². The van der Waals surface area contributed by atoms with Crippen molar-refractivity contribution in [1.82, 2.24) is 0 Å². The van der Waals surface area contributed by atoms with Gasteiger partial charge in [-0.1, -0.05) is 92.0 Å². The lowest BCUT2D eigenvalue weighted by molar-refractivity contribution is 0.0862. The predicted octanol–water partition coefficient (Wildman–Crippen LogP) is 5.58. The van der Waals surface area contributed by atoms with E-state index in [1.54, 1.807) is 0 Å². The van der Waals surface area contributed by atoms with Crippen LogP contribution in [0, 0.1) is 0 Å². The van der Waals surface area contributed by atoms with Crippen LogP contribution in [0.3, 0.4) is 0 Å². The molecule has 0 aliphatic heterocycles. The maximum atomic E-state index is 6.36. The van der Waals surface area contributed by atoms with E-state index in [9.17, 15) is 0 Å². The molecule has 21 heavy (non-hydrogen) atoms. The molecular formula is C17H17Br2ClO. The van der Waals surface area contributed by atoms with Crippen molar-refractivity contribution >= 4 is 43.5 Å². The first kappa shape index (κ1) is 17.0. The lowest BCUT2D eigenvalue weighted by atomic mass is 9.85. The second kappa shape index (κ2) is 8.33. The number of halogens is 3. The summed E-state index contributed by atoms with van der Waals surface area (Å²) in [6, 6.07) is 18.1. The van der Waals surface area contributed by atoms with Gasteiger partial charge >= 0.3 is 0 Å². The van der Waals surface area contributed by atoms with Crippen LogP contribution in [-0.2, 0) is 16.8 Å². The summed E-state index contributed by atoms with van der Waals surface area (Å²) in [6.07, 6.45) is 0. The van der Waals surface area contributed by atoms with Gasteiger partial charge in [-0.2, -0.15) is 0 Å². The van der Waals surface area contributed by atoms with Crippen LogP contribution in [0.5, 0.6) is 0 Å². The average Bonchev–Trinajstić information content (AvgIpc) is 2.54. The Labute approximate surface area is 147 Å². The molecule has 0 radical (unpaired) electrons. The van der Waals surface area contributed by atoms with Gasteiger partial charge in [-0.15, -0.1) is 0 Å². The van der Waals surface area contributed by atoms with E-state index in [-0.39, 0.29) is 5.41 Å². The molecule has 0 amide bonds. The first-order valence-corrected chi connectivity index (χ1v) is 9.32. The molecule has 0 aromatic heterocycles. The van der Waals surface area contributed by atoms with Gasteiger partial charge in [0, 0.05) is 21.1 Å². The maximum Gasteiger partial charge on any atom is 0.0717 e. The Kier molecular flexibility index (Phi) is 6.74. The number of alkyl halides is 2. The number of hydrogen-bond acceptors (Lipinski definition) is 1. The van der Waals surface area contributed by atoms with Crippen molar-refractivity contribution in [3.63, 3.8) is 0 Å². The highest BCUT2D eigenvalue weighted by atomic mass is 79.9. The minimum Gasteiger partial charge on any atom is -0.376 e. The highest BCUT2D eigenvalue weighted by Crippen LogP contribution is 2.34. The lowest BCUT2D eigenvalue weighted by Crippen LogP contribution is -2.36. The highest BCUT2D eigenvalue weighted by Gasteiger charge is 2.32. The predicted molar refractivity (Wildman–Crippen MR) is 96.8 cm³/mol. The van der Waals surface area contributed by atoms with Gasteiger partial charge in [-0.05, 0) is 17.2 Å². The van der Waals surface area contributed by atoms with Gasteiger partial charge in [0.1, 0.15) is 0 Å². The topological polar surface area (TPSA) is 9.23 Å². The van der Waals surface area contributed by atoms with Crippen molar-refractivity contribution in [1.29, 1.82) is 0 Å². The van der Waals surface area contributed by atoms with Crippen LogP contribution >= 0.6 is 43.5 Å². The van der Waals surface area contributed by atoms with E-state index in [0.717, 1.165) is 21.2 Å². The average molecular weight is 433 g/mol. The van der Waals surface area contributed by atoms with E-state index in [1.165, 1.54) is 5.56 Å². The molecule has 4 heteroatoms. The van der Waals surface area contributed by atoms with Crippen LogP contribution < -0.4 is 0 Å². The molecule has 0 atom stereocenters. The van der Waals surface area contributed by atoms with E-state index in [4.69, 9.17) is 16.3 Å². The molecule has 0 saturated carbocycles. The first-order valence-electron chi connectivity index (χ1n) is 6.70. The Bertz CT molecular complexity index is 556. The van der Waals surface area contributed by atoms with E-state index >= 15 is 0 Å². The third-order valence-corrected chi connectivity index (χ3v) is 5.92. The fourth-order valence-corrected chi connectivity index (χ4v) is 4.36. The second-order valence-electron chi connectivity index (χ2n) is 5.01. The summed E-state index contributed by atoms with van der Waals surface area (Å²) in [5.74, 6) is 0. The molecule has 0 heterocycles. The van der Waals surface area contributed by atoms with Crippen molar-refractivity contribution in [2.24, 2.45) is 0 Å². The van der Waals surface area contributed by atoms with Crippen LogP contribution in [0.2, 0.25) is 5.02 Å². The second-order valence-corrected chi connectivity index (χ2v) is 6.53. The summed E-state index contributed by atoms with van der Waals surface area (Å²) in [4.78, 5) is 0. The standard InChI is InChI=1S/C17H17Br2ClO/c18-11-17(12-19,15-8-4-5-9-16(15)20)13-21-10-14-6-2-1-3-7-14/h1-9H,10-13H2. The summed E-state index contributed by atoms with van der Waals surface area (Å²) in [7, 11) is 0. The monoisotopic (exact) mass is 430 g/mol. The summed E-state index contributed by atoms with van der Waals surface area (Å²) in [5, 5.41) is 2.34. The number of hydrogen-bond donors (Lipinski definition) is 0. The largest absolute Gasteiger partial charge is 0.376 e. The summed E-state index contributed by atoms with van der Waals surface area (Å²) >= 11 is 13.6. The SMILES string of the molecule is Clc1ccccc1C(CBr)(CBr)COCc1ccccc1. The Morgan fingerprint density at radius 3 is 2.14 bits per heavy atom. The van der Waals surface area contributed by atoms with Crippen molar-refractivity contribution in [2.45, 2.75) is 12.0 Å². The molecule has 0 aliphatic rings. The molecule has 0 aliphatic carbocycles.